The summed E-state index contributed by atoms with van der Waals surface area (Å²) in [4.78, 5) is 14.4. The average Bonchev–Trinajstić information content (AvgIpc) is 2.97. The Morgan fingerprint density at radius 2 is 1.55 bits per heavy atom. The van der Waals surface area contributed by atoms with Gasteiger partial charge in [-0.15, -0.1) is 0 Å². The maximum absolute atomic E-state index is 6.01. The van der Waals surface area contributed by atoms with E-state index in [-0.39, 0.29) is 0 Å². The van der Waals surface area contributed by atoms with Gasteiger partial charge in [-0.05, 0) is 75.3 Å². The fraction of sp³-hybridized carbons (Fsp3) is 0.433. The number of hydrogen-bond acceptors (Lipinski definition) is 8. The monoisotopic (exact) mass is 514 g/mol. The van der Waals surface area contributed by atoms with Gasteiger partial charge in [-0.1, -0.05) is 24.3 Å². The molecule has 2 saturated heterocycles. The average molecular weight is 515 g/mol. The first kappa shape index (κ1) is 25.8. The van der Waals surface area contributed by atoms with E-state index in [1.54, 1.807) is 6.21 Å². The molecule has 1 aromatic heterocycles. The maximum atomic E-state index is 6.01. The lowest BCUT2D eigenvalue weighted by atomic mass is 10.1. The van der Waals surface area contributed by atoms with E-state index in [0.29, 0.717) is 19.0 Å². The van der Waals surface area contributed by atoms with E-state index in [2.05, 4.69) is 33.3 Å². The lowest BCUT2D eigenvalue weighted by Gasteiger charge is -2.31. The lowest BCUT2D eigenvalue weighted by molar-refractivity contribution is 0.217. The highest BCUT2D eigenvalue weighted by Gasteiger charge is 2.19. The minimum Gasteiger partial charge on any atom is -0.490 e. The van der Waals surface area contributed by atoms with Gasteiger partial charge in [0.25, 0.3) is 0 Å². The Labute approximate surface area is 225 Å². The molecule has 1 N–H and O–H groups in total. The molecule has 38 heavy (non-hydrogen) atoms. The van der Waals surface area contributed by atoms with E-state index in [9.17, 15) is 0 Å². The molecule has 0 aliphatic carbocycles. The molecule has 0 bridgehead atoms. The van der Waals surface area contributed by atoms with Crippen molar-refractivity contribution in [3.63, 3.8) is 0 Å². The van der Waals surface area contributed by atoms with Crippen LogP contribution in [0.4, 0.5) is 17.6 Å². The van der Waals surface area contributed by atoms with Crippen LogP contribution in [0.2, 0.25) is 0 Å². The Kier molecular flexibility index (Phi) is 8.92. The predicted molar refractivity (Wildman–Crippen MR) is 154 cm³/mol. The molecule has 0 radical (unpaired) electrons. The molecular weight excluding hydrogens is 476 g/mol. The summed E-state index contributed by atoms with van der Waals surface area (Å²) in [6.07, 6.45) is 9.12. The molecule has 8 heteroatoms. The number of nitrogens with one attached hydrogen (secondary N) is 1. The van der Waals surface area contributed by atoms with Crippen molar-refractivity contribution in [2.75, 3.05) is 54.6 Å². The molecule has 0 spiro atoms. The summed E-state index contributed by atoms with van der Waals surface area (Å²) in [5.74, 6) is 4.10. The number of aryl methyl sites for hydroxylation is 1. The zero-order valence-corrected chi connectivity index (χ0v) is 22.3. The van der Waals surface area contributed by atoms with Gasteiger partial charge >= 0.3 is 0 Å². The number of rotatable bonds is 10. The van der Waals surface area contributed by atoms with Gasteiger partial charge < -0.3 is 19.3 Å². The first-order valence-corrected chi connectivity index (χ1v) is 13.8. The van der Waals surface area contributed by atoms with Crippen molar-refractivity contribution in [3.05, 3.63) is 65.7 Å². The smallest absolute Gasteiger partial charge is 0.229 e. The van der Waals surface area contributed by atoms with Crippen LogP contribution < -0.4 is 24.7 Å². The largest absolute Gasteiger partial charge is 0.490 e. The molecule has 0 saturated carbocycles. The number of anilines is 3. The van der Waals surface area contributed by atoms with Crippen molar-refractivity contribution in [1.29, 1.82) is 0 Å². The summed E-state index contributed by atoms with van der Waals surface area (Å²) in [5.41, 5.74) is 5.22. The standard InChI is InChI=1S/C30H38N6O2/c1-24-11-10-13-26(21-24)37-19-20-38-27-14-5-4-12-25(27)23-31-34-28-22-29(35-15-6-2-7-16-35)33-30(32-28)36-17-8-3-9-18-36/h4-5,10-14,21-23H,2-3,6-9,15-20H2,1H3,(H,32,33,34)/b31-23-. The molecule has 0 unspecified atom stereocenters. The number of benzene rings is 2. The first-order chi connectivity index (χ1) is 18.7. The van der Waals surface area contributed by atoms with E-state index < -0.39 is 0 Å². The number of nitrogens with zero attached hydrogens (tertiary/aromatic N) is 5. The van der Waals surface area contributed by atoms with Crippen LogP contribution >= 0.6 is 0 Å². The molecule has 3 aromatic rings. The maximum Gasteiger partial charge on any atom is 0.229 e. The number of hydrazone groups is 1. The number of hydrogen-bond donors (Lipinski definition) is 1. The van der Waals surface area contributed by atoms with Crippen molar-refractivity contribution in [2.45, 2.75) is 45.4 Å². The Morgan fingerprint density at radius 3 is 2.34 bits per heavy atom. The third kappa shape index (κ3) is 7.15. The van der Waals surface area contributed by atoms with Gasteiger partial charge in [0.2, 0.25) is 5.95 Å². The number of ether oxygens (including phenoxy) is 2. The van der Waals surface area contributed by atoms with Gasteiger partial charge in [-0.2, -0.15) is 15.1 Å². The summed E-state index contributed by atoms with van der Waals surface area (Å²) in [5, 5.41) is 4.52. The highest BCUT2D eigenvalue weighted by molar-refractivity contribution is 5.84. The summed E-state index contributed by atoms with van der Waals surface area (Å²) in [7, 11) is 0. The summed E-state index contributed by atoms with van der Waals surface area (Å²) in [6.45, 7) is 7.05. The minimum absolute atomic E-state index is 0.441. The van der Waals surface area contributed by atoms with Crippen LogP contribution in [0.5, 0.6) is 11.5 Å². The molecule has 2 aromatic carbocycles. The van der Waals surface area contributed by atoms with Crippen LogP contribution in [0.1, 0.15) is 49.7 Å². The highest BCUT2D eigenvalue weighted by atomic mass is 16.5. The predicted octanol–water partition coefficient (Wildman–Crippen LogP) is 5.67. The van der Waals surface area contributed by atoms with Gasteiger partial charge in [0.05, 0.1) is 6.21 Å². The molecule has 200 valence electrons. The molecule has 0 atom stereocenters. The van der Waals surface area contributed by atoms with Crippen LogP contribution in [0.3, 0.4) is 0 Å². The molecule has 3 heterocycles. The second-order valence-corrected chi connectivity index (χ2v) is 9.93. The Bertz CT molecular complexity index is 1170. The normalized spacial score (nSPS) is 16.0. The van der Waals surface area contributed by atoms with Gasteiger partial charge in [0.1, 0.15) is 30.5 Å². The number of aromatic nitrogens is 2. The van der Waals surface area contributed by atoms with E-state index in [1.807, 2.05) is 48.5 Å². The van der Waals surface area contributed by atoms with Crippen molar-refractivity contribution in [3.8, 4) is 11.5 Å². The molecular formula is C30H38N6O2. The molecule has 2 aliphatic heterocycles. The third-order valence-corrected chi connectivity index (χ3v) is 6.92. The second-order valence-electron chi connectivity index (χ2n) is 9.93. The Balaban J connectivity index is 1.23. The molecule has 5 rings (SSSR count). The highest BCUT2D eigenvalue weighted by Crippen LogP contribution is 2.25. The zero-order valence-electron chi connectivity index (χ0n) is 22.3. The van der Waals surface area contributed by atoms with E-state index >= 15 is 0 Å². The molecule has 0 amide bonds. The van der Waals surface area contributed by atoms with E-state index in [0.717, 1.165) is 55.0 Å². The SMILES string of the molecule is Cc1cccc(OCCOc2ccccc2/C=N\Nc2cc(N3CCCCC3)nc(N3CCCCC3)n2)c1. The Hall–Kier alpha value is -3.81. The topological polar surface area (TPSA) is 75.1 Å². The van der Waals surface area contributed by atoms with Crippen molar-refractivity contribution in [1.82, 2.24) is 9.97 Å². The van der Waals surface area contributed by atoms with E-state index in [1.165, 1.54) is 44.1 Å². The number of para-hydroxylation sites is 1. The quantitative estimate of drug-likeness (QED) is 0.212. The van der Waals surface area contributed by atoms with Crippen LogP contribution in [-0.2, 0) is 0 Å². The van der Waals surface area contributed by atoms with Gasteiger partial charge in [0.15, 0.2) is 5.82 Å². The summed E-state index contributed by atoms with van der Waals surface area (Å²) < 4.78 is 11.8. The van der Waals surface area contributed by atoms with Crippen LogP contribution in [0, 0.1) is 6.92 Å². The second kappa shape index (κ2) is 13.1. The minimum atomic E-state index is 0.441. The van der Waals surface area contributed by atoms with Gasteiger partial charge in [-0.3, -0.25) is 5.43 Å². The lowest BCUT2D eigenvalue weighted by Crippen LogP contribution is -2.33. The van der Waals surface area contributed by atoms with E-state index in [4.69, 9.17) is 19.4 Å². The summed E-state index contributed by atoms with van der Waals surface area (Å²) >= 11 is 0. The molecule has 2 aliphatic rings. The Morgan fingerprint density at radius 1 is 0.816 bits per heavy atom. The van der Waals surface area contributed by atoms with Crippen LogP contribution in [0.25, 0.3) is 0 Å². The van der Waals surface area contributed by atoms with Crippen molar-refractivity contribution < 1.29 is 9.47 Å². The van der Waals surface area contributed by atoms with Gasteiger partial charge in [0, 0.05) is 37.8 Å². The van der Waals surface area contributed by atoms with Gasteiger partial charge in [-0.25, -0.2) is 0 Å². The molecule has 8 nitrogen and oxygen atoms in total. The first-order valence-electron chi connectivity index (χ1n) is 13.8. The van der Waals surface area contributed by atoms with Crippen molar-refractivity contribution in [2.24, 2.45) is 5.10 Å². The van der Waals surface area contributed by atoms with Crippen LogP contribution in [-0.4, -0.2) is 55.6 Å². The fourth-order valence-corrected chi connectivity index (χ4v) is 4.90. The van der Waals surface area contributed by atoms with Crippen molar-refractivity contribution >= 4 is 23.8 Å². The number of piperidine rings is 2. The van der Waals surface area contributed by atoms with Crippen LogP contribution in [0.15, 0.2) is 59.7 Å². The zero-order chi connectivity index (χ0) is 26.0. The molecule has 2 fully saturated rings. The fourth-order valence-electron chi connectivity index (χ4n) is 4.90. The summed E-state index contributed by atoms with van der Waals surface area (Å²) in [6, 6.07) is 17.9. The third-order valence-electron chi connectivity index (χ3n) is 6.92.